The summed E-state index contributed by atoms with van der Waals surface area (Å²) >= 11 is 4.08. The third-order valence-electron chi connectivity index (χ3n) is 1.77. The van der Waals surface area contributed by atoms with E-state index in [9.17, 15) is 4.79 Å². The van der Waals surface area contributed by atoms with Crippen LogP contribution in [0.3, 0.4) is 0 Å². The molecule has 1 heterocycles. The molecule has 0 amide bonds. The smallest absolute Gasteiger partial charge is 0.339 e. The maximum absolute atomic E-state index is 10.7. The summed E-state index contributed by atoms with van der Waals surface area (Å²) in [7, 11) is 0. The molecule has 0 unspecified atom stereocenters. The fraction of sp³-hybridized carbons (Fsp3) is 0.500. The highest BCUT2D eigenvalue weighted by Crippen LogP contribution is 2.15. The summed E-state index contributed by atoms with van der Waals surface area (Å²) in [5.41, 5.74) is 0.898. The molecule has 0 aromatic carbocycles. The summed E-state index contributed by atoms with van der Waals surface area (Å²) in [4.78, 5) is 10.7. The molecule has 1 rings (SSSR count). The molecule has 0 aliphatic carbocycles. The van der Waals surface area contributed by atoms with Gasteiger partial charge < -0.3 is 5.11 Å². The van der Waals surface area contributed by atoms with Gasteiger partial charge in [-0.05, 0) is 13.8 Å². The van der Waals surface area contributed by atoms with Gasteiger partial charge >= 0.3 is 5.97 Å². The summed E-state index contributed by atoms with van der Waals surface area (Å²) in [6, 6.07) is 0.162. The van der Waals surface area contributed by atoms with Gasteiger partial charge in [0.1, 0.15) is 5.56 Å². The van der Waals surface area contributed by atoms with Gasteiger partial charge in [0.25, 0.3) is 0 Å². The number of thiol groups is 1. The number of hydrogen-bond donors (Lipinski definition) is 2. The Morgan fingerprint density at radius 2 is 2.38 bits per heavy atom. The number of rotatable bonds is 3. The van der Waals surface area contributed by atoms with Gasteiger partial charge in [-0.2, -0.15) is 17.7 Å². The van der Waals surface area contributed by atoms with E-state index in [4.69, 9.17) is 5.11 Å². The lowest BCUT2D eigenvalue weighted by atomic mass is 10.2. The van der Waals surface area contributed by atoms with E-state index in [2.05, 4.69) is 17.7 Å². The molecule has 0 aliphatic heterocycles. The molecule has 0 saturated carbocycles. The fourth-order valence-corrected chi connectivity index (χ4v) is 1.48. The third kappa shape index (κ3) is 1.85. The second-order valence-electron chi connectivity index (χ2n) is 3.01. The van der Waals surface area contributed by atoms with Crippen molar-refractivity contribution in [3.63, 3.8) is 0 Å². The SMILES string of the molecule is CC(C)n1ncc(C(=O)O)c1CS. The van der Waals surface area contributed by atoms with Crippen molar-refractivity contribution in [1.29, 1.82) is 0 Å². The van der Waals surface area contributed by atoms with Crippen LogP contribution in [0.4, 0.5) is 0 Å². The summed E-state index contributed by atoms with van der Waals surface area (Å²) in [6.45, 7) is 3.90. The monoisotopic (exact) mass is 200 g/mol. The van der Waals surface area contributed by atoms with Crippen LogP contribution in [0.2, 0.25) is 0 Å². The molecule has 0 fully saturated rings. The van der Waals surface area contributed by atoms with Crippen LogP contribution in [-0.4, -0.2) is 20.9 Å². The summed E-state index contributed by atoms with van der Waals surface area (Å²) < 4.78 is 1.68. The van der Waals surface area contributed by atoms with Crippen molar-refractivity contribution in [2.24, 2.45) is 0 Å². The topological polar surface area (TPSA) is 55.1 Å². The van der Waals surface area contributed by atoms with Crippen molar-refractivity contribution in [2.45, 2.75) is 25.6 Å². The number of carboxylic acids is 1. The molecule has 5 heteroatoms. The van der Waals surface area contributed by atoms with Crippen molar-refractivity contribution < 1.29 is 9.90 Å². The minimum Gasteiger partial charge on any atom is -0.478 e. The van der Waals surface area contributed by atoms with E-state index in [-0.39, 0.29) is 11.6 Å². The zero-order chi connectivity index (χ0) is 10.0. The Kier molecular flexibility index (Phi) is 2.98. The van der Waals surface area contributed by atoms with Crippen LogP contribution in [0.15, 0.2) is 6.20 Å². The van der Waals surface area contributed by atoms with Crippen LogP contribution in [0.5, 0.6) is 0 Å². The van der Waals surface area contributed by atoms with E-state index < -0.39 is 5.97 Å². The van der Waals surface area contributed by atoms with Crippen molar-refractivity contribution >= 4 is 18.6 Å². The maximum Gasteiger partial charge on any atom is 0.339 e. The van der Waals surface area contributed by atoms with E-state index in [0.717, 1.165) is 0 Å². The molecule has 4 nitrogen and oxygen atoms in total. The number of aromatic carboxylic acids is 1. The number of carboxylic acid groups (broad SMARTS) is 1. The molecule has 1 N–H and O–H groups in total. The van der Waals surface area contributed by atoms with E-state index in [1.165, 1.54) is 6.20 Å². The number of nitrogens with zero attached hydrogens (tertiary/aromatic N) is 2. The van der Waals surface area contributed by atoms with Gasteiger partial charge in [-0.25, -0.2) is 4.79 Å². The van der Waals surface area contributed by atoms with Crippen molar-refractivity contribution in [3.05, 3.63) is 17.5 Å². The van der Waals surface area contributed by atoms with Gasteiger partial charge in [0.15, 0.2) is 0 Å². The van der Waals surface area contributed by atoms with Crippen molar-refractivity contribution in [3.8, 4) is 0 Å². The average Bonchev–Trinajstić information content (AvgIpc) is 2.46. The maximum atomic E-state index is 10.7. The number of aromatic nitrogens is 2. The first kappa shape index (κ1) is 10.1. The van der Waals surface area contributed by atoms with Crippen LogP contribution in [0, 0.1) is 0 Å². The first-order valence-electron chi connectivity index (χ1n) is 3.98. The minimum absolute atomic E-state index is 0.162. The Hall–Kier alpha value is -0.970. The molecule has 0 aliphatic rings. The van der Waals surface area contributed by atoms with Crippen LogP contribution < -0.4 is 0 Å². The number of hydrogen-bond acceptors (Lipinski definition) is 3. The molecule has 0 bridgehead atoms. The van der Waals surface area contributed by atoms with E-state index >= 15 is 0 Å². The van der Waals surface area contributed by atoms with Crippen LogP contribution in [0.25, 0.3) is 0 Å². The molecule has 72 valence electrons. The molecule has 0 radical (unpaired) electrons. The molecule has 0 atom stereocenters. The molecular weight excluding hydrogens is 188 g/mol. The quantitative estimate of drug-likeness (QED) is 0.728. The number of carbonyl (C=O) groups is 1. The zero-order valence-corrected chi connectivity index (χ0v) is 8.45. The van der Waals surface area contributed by atoms with Gasteiger partial charge in [-0.15, -0.1) is 0 Å². The highest BCUT2D eigenvalue weighted by atomic mass is 32.1. The molecule has 1 aromatic heterocycles. The Morgan fingerprint density at radius 3 is 2.77 bits per heavy atom. The minimum atomic E-state index is -0.948. The fourth-order valence-electron chi connectivity index (χ4n) is 1.17. The Balaban J connectivity index is 3.18. The molecule has 0 saturated heterocycles. The second kappa shape index (κ2) is 3.83. The lowest BCUT2D eigenvalue weighted by molar-refractivity contribution is 0.0696. The van der Waals surface area contributed by atoms with Gasteiger partial charge in [0.2, 0.25) is 0 Å². The van der Waals surface area contributed by atoms with Gasteiger partial charge in [-0.3, -0.25) is 4.68 Å². The first-order valence-corrected chi connectivity index (χ1v) is 4.61. The molecule has 13 heavy (non-hydrogen) atoms. The normalized spacial score (nSPS) is 10.8. The second-order valence-corrected chi connectivity index (χ2v) is 3.32. The van der Waals surface area contributed by atoms with Crippen LogP contribution in [-0.2, 0) is 5.75 Å². The molecule has 1 aromatic rings. The van der Waals surface area contributed by atoms with E-state index in [1.807, 2.05) is 13.8 Å². The van der Waals surface area contributed by atoms with Crippen LogP contribution in [0.1, 0.15) is 35.9 Å². The van der Waals surface area contributed by atoms with Crippen molar-refractivity contribution in [1.82, 2.24) is 9.78 Å². The largest absolute Gasteiger partial charge is 0.478 e. The van der Waals surface area contributed by atoms with Crippen LogP contribution >= 0.6 is 12.6 Å². The Bertz CT molecular complexity index is 320. The molecule has 0 spiro atoms. The predicted octanol–water partition coefficient (Wildman–Crippen LogP) is 1.59. The average molecular weight is 200 g/mol. The summed E-state index contributed by atoms with van der Waals surface area (Å²) in [5, 5.41) is 12.8. The van der Waals surface area contributed by atoms with Gasteiger partial charge in [0, 0.05) is 11.8 Å². The molecular formula is C8H12N2O2S. The Morgan fingerprint density at radius 1 is 1.77 bits per heavy atom. The lowest BCUT2D eigenvalue weighted by Crippen LogP contribution is -2.08. The standard InChI is InChI=1S/C8H12N2O2S/c1-5(2)10-7(4-13)6(3-9-10)8(11)12/h3,5,13H,4H2,1-2H3,(H,11,12). The van der Waals surface area contributed by atoms with E-state index in [1.54, 1.807) is 4.68 Å². The summed E-state index contributed by atoms with van der Waals surface area (Å²) in [5.74, 6) is -0.559. The predicted molar refractivity (Wildman–Crippen MR) is 52.3 cm³/mol. The van der Waals surface area contributed by atoms with E-state index in [0.29, 0.717) is 11.4 Å². The first-order chi connectivity index (χ1) is 6.07. The third-order valence-corrected chi connectivity index (χ3v) is 2.07. The zero-order valence-electron chi connectivity index (χ0n) is 7.56. The lowest BCUT2D eigenvalue weighted by Gasteiger charge is -2.09. The highest BCUT2D eigenvalue weighted by Gasteiger charge is 2.16. The van der Waals surface area contributed by atoms with Crippen molar-refractivity contribution in [2.75, 3.05) is 0 Å². The Labute approximate surface area is 82.0 Å². The van der Waals surface area contributed by atoms with Gasteiger partial charge in [-0.1, -0.05) is 0 Å². The highest BCUT2D eigenvalue weighted by molar-refractivity contribution is 7.79. The summed E-state index contributed by atoms with van der Waals surface area (Å²) in [6.07, 6.45) is 1.37. The van der Waals surface area contributed by atoms with Gasteiger partial charge in [0.05, 0.1) is 11.9 Å².